The van der Waals surface area contributed by atoms with Gasteiger partial charge in [-0.25, -0.2) is 0 Å². The molecule has 2 rings (SSSR count). The van der Waals surface area contributed by atoms with E-state index in [0.29, 0.717) is 12.8 Å². The number of carbonyl (C=O) groups is 1. The first-order valence-electron chi connectivity index (χ1n) is 38.5. The SMILES string of the molecule is CCCCCCC/C=C\C/C=C\C/C=C\CCCCCCCCCCCCCCCCC(=O)NC(COC1OC(CO)C(OC2OC(CO)C(O)C(O)C2O)C(O)C1O)C(O)/C=C/CC/C=C/CCCCCCCCCCCCCCCCCCCCCCCCC. The molecule has 0 spiro atoms. The Kier molecular flexibility index (Phi) is 58.0. The summed E-state index contributed by atoms with van der Waals surface area (Å²) in [6, 6.07) is -0.936. The predicted molar refractivity (Wildman–Crippen MR) is 378 cm³/mol. The minimum absolute atomic E-state index is 0.247. The molecule has 12 unspecified atom stereocenters. The Morgan fingerprint density at radius 3 is 1.14 bits per heavy atom. The zero-order valence-electron chi connectivity index (χ0n) is 58.8. The van der Waals surface area contributed by atoms with Crippen molar-refractivity contribution in [2.24, 2.45) is 0 Å². The molecule has 2 aliphatic heterocycles. The maximum atomic E-state index is 13.4. The van der Waals surface area contributed by atoms with Gasteiger partial charge in [-0.1, -0.05) is 319 Å². The quantitative estimate of drug-likeness (QED) is 0.0204. The largest absolute Gasteiger partial charge is 0.394 e. The summed E-state index contributed by atoms with van der Waals surface area (Å²) >= 11 is 0. The van der Waals surface area contributed by atoms with Gasteiger partial charge in [0.2, 0.25) is 5.91 Å². The summed E-state index contributed by atoms with van der Waals surface area (Å²) in [5.74, 6) is -0.247. The van der Waals surface area contributed by atoms with E-state index in [9.17, 15) is 45.6 Å². The normalized spacial score (nSPS) is 23.0. The van der Waals surface area contributed by atoms with Crippen molar-refractivity contribution in [1.82, 2.24) is 5.32 Å². The number of allylic oxidation sites excluding steroid dienone is 9. The van der Waals surface area contributed by atoms with Crippen molar-refractivity contribution in [3.05, 3.63) is 60.8 Å². The van der Waals surface area contributed by atoms with E-state index in [-0.39, 0.29) is 18.9 Å². The molecule has 12 atom stereocenters. The van der Waals surface area contributed by atoms with E-state index in [4.69, 9.17) is 18.9 Å². The topological polar surface area (TPSA) is 228 Å². The van der Waals surface area contributed by atoms with Gasteiger partial charge >= 0.3 is 0 Å². The second-order valence-electron chi connectivity index (χ2n) is 27.1. The summed E-state index contributed by atoms with van der Waals surface area (Å²) in [6.07, 6.45) is 67.2. The van der Waals surface area contributed by atoms with Crippen molar-refractivity contribution in [3.8, 4) is 0 Å². The highest BCUT2D eigenvalue weighted by Gasteiger charge is 2.51. The average Bonchev–Trinajstić information content (AvgIpc) is 0.836. The fraction of sp³-hybridized carbons (Fsp3) is 0.859. The van der Waals surface area contributed by atoms with Gasteiger partial charge in [-0.15, -0.1) is 0 Å². The first-order valence-corrected chi connectivity index (χ1v) is 38.5. The van der Waals surface area contributed by atoms with Gasteiger partial charge in [-0.05, 0) is 70.6 Å². The first kappa shape index (κ1) is 85.8. The Labute approximate surface area is 562 Å². The maximum Gasteiger partial charge on any atom is 0.220 e. The maximum absolute atomic E-state index is 13.4. The van der Waals surface area contributed by atoms with E-state index >= 15 is 0 Å². The first-order chi connectivity index (χ1) is 45.1. The van der Waals surface area contributed by atoms with Gasteiger partial charge < -0.3 is 65.1 Å². The third kappa shape index (κ3) is 45.2. The Bertz CT molecular complexity index is 1780. The highest BCUT2D eigenvalue weighted by molar-refractivity contribution is 5.76. The predicted octanol–water partition coefficient (Wildman–Crippen LogP) is 16.8. The smallest absolute Gasteiger partial charge is 0.220 e. The third-order valence-electron chi connectivity index (χ3n) is 18.7. The van der Waals surface area contributed by atoms with Crippen LogP contribution >= 0.6 is 0 Å². The second kappa shape index (κ2) is 62.2. The molecule has 0 aliphatic carbocycles. The van der Waals surface area contributed by atoms with E-state index in [1.807, 2.05) is 6.08 Å². The molecule has 14 nitrogen and oxygen atoms in total. The summed E-state index contributed by atoms with van der Waals surface area (Å²) in [7, 11) is 0. The molecule has 2 saturated heterocycles. The number of amides is 1. The van der Waals surface area contributed by atoms with E-state index in [1.165, 1.54) is 257 Å². The van der Waals surface area contributed by atoms with Crippen LogP contribution in [0.25, 0.3) is 0 Å². The number of hydrogen-bond acceptors (Lipinski definition) is 13. The third-order valence-corrected chi connectivity index (χ3v) is 18.7. The van der Waals surface area contributed by atoms with E-state index in [1.54, 1.807) is 6.08 Å². The second-order valence-corrected chi connectivity index (χ2v) is 27.1. The lowest BCUT2D eigenvalue weighted by Crippen LogP contribution is -2.65. The molecule has 0 saturated carbocycles. The minimum Gasteiger partial charge on any atom is -0.394 e. The van der Waals surface area contributed by atoms with Gasteiger partial charge in [0, 0.05) is 6.42 Å². The van der Waals surface area contributed by atoms with E-state index in [0.717, 1.165) is 44.9 Å². The Balaban J connectivity index is 1.66. The molecule has 0 radical (unpaired) electrons. The molecule has 2 fully saturated rings. The molecular weight excluding hydrogens is 1160 g/mol. The van der Waals surface area contributed by atoms with Crippen molar-refractivity contribution in [3.63, 3.8) is 0 Å². The molecule has 0 aromatic carbocycles. The Hall–Kier alpha value is -2.31. The Morgan fingerprint density at radius 1 is 0.391 bits per heavy atom. The number of aliphatic hydroxyl groups excluding tert-OH is 8. The lowest BCUT2D eigenvalue weighted by molar-refractivity contribution is -0.359. The molecule has 2 heterocycles. The van der Waals surface area contributed by atoms with Crippen molar-refractivity contribution >= 4 is 5.91 Å². The number of carbonyl (C=O) groups excluding carboxylic acids is 1. The van der Waals surface area contributed by atoms with Crippen LogP contribution in [0, 0.1) is 0 Å². The number of unbranched alkanes of at least 4 members (excludes halogenated alkanes) is 43. The van der Waals surface area contributed by atoms with Crippen molar-refractivity contribution in [2.45, 2.75) is 408 Å². The van der Waals surface area contributed by atoms with Crippen LogP contribution in [0.2, 0.25) is 0 Å². The van der Waals surface area contributed by atoms with Gasteiger partial charge in [0.05, 0.1) is 32.0 Å². The summed E-state index contributed by atoms with van der Waals surface area (Å²) < 4.78 is 22.9. The summed E-state index contributed by atoms with van der Waals surface area (Å²) in [5.41, 5.74) is 0. The standard InChI is InChI=1S/C78H143NO13/c1-3-5-7-9-11-13-15-17-19-21-23-25-27-29-31-33-35-37-39-41-43-45-47-49-51-53-55-57-59-61-67(82)66(65-89-77-75(88)73(86)76(69(64-81)91-77)92-78-74(87)72(85)71(84)68(63-80)90-78)79-70(83)62-60-58-56-54-52-50-48-46-44-42-40-38-36-34-32-30-28-26-24-22-20-18-16-14-12-10-8-6-4-2/h16,18,22,24,28,30,51,53,59,61,66-69,71-78,80-82,84-88H,3-15,17,19-21,23,25-27,29,31-50,52,54-58,60,62-65H2,1-2H3,(H,79,83)/b18-16-,24-22-,30-28-,53-51+,61-59+. The number of hydrogen-bond donors (Lipinski definition) is 9. The van der Waals surface area contributed by atoms with Crippen LogP contribution in [-0.4, -0.2) is 140 Å². The van der Waals surface area contributed by atoms with Gasteiger partial charge in [-0.2, -0.15) is 0 Å². The minimum atomic E-state index is -1.79. The van der Waals surface area contributed by atoms with Crippen molar-refractivity contribution < 1.29 is 64.6 Å². The number of nitrogens with one attached hydrogen (secondary N) is 1. The molecule has 0 aromatic heterocycles. The molecule has 2 aliphatic rings. The number of aliphatic hydroxyl groups is 8. The van der Waals surface area contributed by atoms with E-state index in [2.05, 4.69) is 67.8 Å². The monoisotopic (exact) mass is 1300 g/mol. The van der Waals surface area contributed by atoms with Crippen LogP contribution < -0.4 is 5.32 Å². The van der Waals surface area contributed by atoms with Crippen LogP contribution in [0.5, 0.6) is 0 Å². The molecule has 0 aromatic rings. The summed E-state index contributed by atoms with van der Waals surface area (Å²) in [4.78, 5) is 13.4. The highest BCUT2D eigenvalue weighted by atomic mass is 16.7. The molecule has 14 heteroatoms. The zero-order valence-corrected chi connectivity index (χ0v) is 58.8. The van der Waals surface area contributed by atoms with Crippen LogP contribution in [0.3, 0.4) is 0 Å². The molecule has 1 amide bonds. The summed E-state index contributed by atoms with van der Waals surface area (Å²) in [5, 5.41) is 87.6. The zero-order chi connectivity index (χ0) is 66.6. The lowest BCUT2D eigenvalue weighted by Gasteiger charge is -2.46. The average molecular weight is 1300 g/mol. The molecule has 0 bridgehead atoms. The van der Waals surface area contributed by atoms with Crippen LogP contribution in [-0.2, 0) is 23.7 Å². The van der Waals surface area contributed by atoms with Crippen LogP contribution in [0.15, 0.2) is 60.8 Å². The van der Waals surface area contributed by atoms with Gasteiger partial charge in [0.1, 0.15) is 48.8 Å². The Morgan fingerprint density at radius 2 is 0.728 bits per heavy atom. The van der Waals surface area contributed by atoms with E-state index < -0.39 is 86.8 Å². The summed E-state index contributed by atoms with van der Waals surface area (Å²) in [6.45, 7) is 2.82. The van der Waals surface area contributed by atoms with Crippen molar-refractivity contribution in [1.29, 1.82) is 0 Å². The molecule has 92 heavy (non-hydrogen) atoms. The van der Waals surface area contributed by atoms with Gasteiger partial charge in [0.25, 0.3) is 0 Å². The molecule has 538 valence electrons. The van der Waals surface area contributed by atoms with Gasteiger partial charge in [-0.3, -0.25) is 4.79 Å². The lowest BCUT2D eigenvalue weighted by atomic mass is 9.97. The van der Waals surface area contributed by atoms with Crippen molar-refractivity contribution in [2.75, 3.05) is 19.8 Å². The van der Waals surface area contributed by atoms with Crippen LogP contribution in [0.1, 0.15) is 335 Å². The number of rotatable bonds is 64. The fourth-order valence-electron chi connectivity index (χ4n) is 12.6. The highest BCUT2D eigenvalue weighted by Crippen LogP contribution is 2.30. The fourth-order valence-corrected chi connectivity index (χ4v) is 12.6. The number of ether oxygens (including phenoxy) is 4. The molecular formula is C78H143NO13. The van der Waals surface area contributed by atoms with Crippen LogP contribution in [0.4, 0.5) is 0 Å². The molecule has 9 N–H and O–H groups in total. The van der Waals surface area contributed by atoms with Gasteiger partial charge in [0.15, 0.2) is 12.6 Å².